The summed E-state index contributed by atoms with van der Waals surface area (Å²) in [7, 11) is 0. The Bertz CT molecular complexity index is 793. The van der Waals surface area contributed by atoms with Gasteiger partial charge in [0.2, 0.25) is 0 Å². The number of hydrogen-bond donors (Lipinski definition) is 1. The van der Waals surface area contributed by atoms with E-state index in [0.717, 1.165) is 9.21 Å². The van der Waals surface area contributed by atoms with Gasteiger partial charge >= 0.3 is 5.97 Å². The molecule has 0 fully saturated rings. The summed E-state index contributed by atoms with van der Waals surface area (Å²) in [4.78, 5) is 16.7. The lowest BCUT2D eigenvalue weighted by molar-refractivity contribution is 0.0698. The van der Waals surface area contributed by atoms with Gasteiger partial charge in [0.15, 0.2) is 0 Å². The molecule has 3 aromatic rings. The average Bonchev–Trinajstić information content (AvgIpc) is 3.03. The van der Waals surface area contributed by atoms with Crippen molar-refractivity contribution in [2.45, 2.75) is 13.0 Å². The average molecular weight is 307 g/mol. The van der Waals surface area contributed by atoms with Crippen molar-refractivity contribution in [2.24, 2.45) is 0 Å². The van der Waals surface area contributed by atoms with Crippen LogP contribution in [0.3, 0.4) is 0 Å². The summed E-state index contributed by atoms with van der Waals surface area (Å²) < 4.78 is 2.59. The zero-order chi connectivity index (χ0) is 14.3. The Morgan fingerprint density at radius 2 is 2.20 bits per heavy atom. The maximum atomic E-state index is 11.4. The van der Waals surface area contributed by atoms with Gasteiger partial charge in [0.05, 0.1) is 33.3 Å². The first-order chi connectivity index (χ1) is 9.58. The predicted molar refractivity (Wildman–Crippen MR) is 79.8 cm³/mol. The third kappa shape index (κ3) is 2.09. The number of thiophene rings is 1. The highest BCUT2D eigenvalue weighted by atomic mass is 35.5. The minimum Gasteiger partial charge on any atom is -0.478 e. The van der Waals surface area contributed by atoms with Gasteiger partial charge in [-0.05, 0) is 31.2 Å². The summed E-state index contributed by atoms with van der Waals surface area (Å²) in [6.07, 6.45) is 1.68. The number of fused-ring (bicyclic) bond motifs is 1. The number of benzene rings is 1. The standard InChI is InChI=1S/C14H11ClN2O2S/c1-8(11-5-6-12(15)20-11)17-7-16-10-4-2-3-9(13(10)17)14(18)19/h2-8H,1H3,(H,18,19). The van der Waals surface area contributed by atoms with Crippen LogP contribution in [-0.4, -0.2) is 20.6 Å². The van der Waals surface area contributed by atoms with E-state index in [2.05, 4.69) is 4.98 Å². The molecule has 0 aliphatic rings. The lowest BCUT2D eigenvalue weighted by Crippen LogP contribution is -2.07. The van der Waals surface area contributed by atoms with Gasteiger partial charge < -0.3 is 9.67 Å². The number of hydrogen-bond acceptors (Lipinski definition) is 3. The number of aromatic nitrogens is 2. The highest BCUT2D eigenvalue weighted by molar-refractivity contribution is 7.16. The van der Waals surface area contributed by atoms with Gasteiger partial charge in [-0.3, -0.25) is 0 Å². The molecule has 1 aromatic carbocycles. The van der Waals surface area contributed by atoms with E-state index >= 15 is 0 Å². The second kappa shape index (κ2) is 4.92. The molecule has 102 valence electrons. The Labute approximate surface area is 124 Å². The number of rotatable bonds is 3. The van der Waals surface area contributed by atoms with Crippen LogP contribution in [0.2, 0.25) is 4.34 Å². The summed E-state index contributed by atoms with van der Waals surface area (Å²) >= 11 is 7.45. The monoisotopic (exact) mass is 306 g/mol. The van der Waals surface area contributed by atoms with Crippen LogP contribution in [0.4, 0.5) is 0 Å². The SMILES string of the molecule is CC(c1ccc(Cl)s1)n1cnc2cccc(C(=O)O)c21. The highest BCUT2D eigenvalue weighted by Crippen LogP contribution is 2.31. The first-order valence-corrected chi connectivity index (χ1v) is 7.21. The molecule has 0 bridgehead atoms. The second-order valence-corrected chi connectivity index (χ2v) is 6.19. The van der Waals surface area contributed by atoms with Crippen molar-refractivity contribution in [3.05, 3.63) is 51.4 Å². The molecule has 6 heteroatoms. The van der Waals surface area contributed by atoms with Gasteiger partial charge in [-0.25, -0.2) is 9.78 Å². The van der Waals surface area contributed by atoms with Gasteiger partial charge in [0, 0.05) is 4.88 Å². The van der Waals surface area contributed by atoms with Crippen LogP contribution in [0.1, 0.15) is 28.2 Å². The zero-order valence-corrected chi connectivity index (χ0v) is 12.1. The number of nitrogens with zero attached hydrogens (tertiary/aromatic N) is 2. The second-order valence-electron chi connectivity index (χ2n) is 4.45. The molecule has 0 saturated heterocycles. The Morgan fingerprint density at radius 1 is 1.40 bits per heavy atom. The third-order valence-corrected chi connectivity index (χ3v) is 4.65. The van der Waals surface area contributed by atoms with E-state index in [9.17, 15) is 9.90 Å². The first kappa shape index (κ1) is 13.1. The molecule has 4 nitrogen and oxygen atoms in total. The van der Waals surface area contributed by atoms with Crippen molar-refractivity contribution in [3.8, 4) is 0 Å². The molecule has 0 saturated carbocycles. The predicted octanol–water partition coefficient (Wildman–Crippen LogP) is 4.06. The maximum Gasteiger partial charge on any atom is 0.337 e. The molecule has 1 unspecified atom stereocenters. The molecule has 1 atom stereocenters. The Morgan fingerprint density at radius 3 is 2.85 bits per heavy atom. The van der Waals surface area contributed by atoms with Crippen LogP contribution in [0.25, 0.3) is 11.0 Å². The fourth-order valence-electron chi connectivity index (χ4n) is 2.25. The number of carboxylic acid groups (broad SMARTS) is 1. The number of para-hydroxylation sites is 1. The molecule has 0 amide bonds. The molecule has 0 radical (unpaired) electrons. The van der Waals surface area contributed by atoms with Gasteiger partial charge in [-0.15, -0.1) is 11.3 Å². The fourth-order valence-corrected chi connectivity index (χ4v) is 3.36. The zero-order valence-electron chi connectivity index (χ0n) is 10.6. The van der Waals surface area contributed by atoms with E-state index in [1.807, 2.05) is 29.7 Å². The first-order valence-electron chi connectivity index (χ1n) is 6.02. The normalized spacial score (nSPS) is 12.7. The van der Waals surface area contributed by atoms with Crippen LogP contribution in [0.15, 0.2) is 36.7 Å². The van der Waals surface area contributed by atoms with Crippen molar-refractivity contribution in [1.82, 2.24) is 9.55 Å². The van der Waals surface area contributed by atoms with E-state index in [1.54, 1.807) is 18.5 Å². The lowest BCUT2D eigenvalue weighted by atomic mass is 10.1. The summed E-state index contributed by atoms with van der Waals surface area (Å²) in [5.74, 6) is -0.950. The van der Waals surface area contributed by atoms with Crippen LogP contribution in [0, 0.1) is 0 Å². The van der Waals surface area contributed by atoms with Crippen molar-refractivity contribution in [2.75, 3.05) is 0 Å². The van der Waals surface area contributed by atoms with E-state index < -0.39 is 5.97 Å². The lowest BCUT2D eigenvalue weighted by Gasteiger charge is -2.13. The van der Waals surface area contributed by atoms with E-state index in [0.29, 0.717) is 11.0 Å². The number of carbonyl (C=O) groups is 1. The summed E-state index contributed by atoms with van der Waals surface area (Å²) in [5, 5.41) is 9.32. The molecule has 3 rings (SSSR count). The molecular formula is C14H11ClN2O2S. The van der Waals surface area contributed by atoms with E-state index in [-0.39, 0.29) is 11.6 Å². The Kier molecular flexibility index (Phi) is 3.23. The van der Waals surface area contributed by atoms with Gasteiger partial charge in [0.1, 0.15) is 0 Å². The molecule has 20 heavy (non-hydrogen) atoms. The van der Waals surface area contributed by atoms with Crippen molar-refractivity contribution >= 4 is 39.9 Å². The molecule has 0 aliphatic carbocycles. The third-order valence-electron chi connectivity index (χ3n) is 3.25. The van der Waals surface area contributed by atoms with Crippen LogP contribution < -0.4 is 0 Å². The molecule has 0 spiro atoms. The molecule has 1 N–H and O–H groups in total. The maximum absolute atomic E-state index is 11.4. The molecule has 2 aromatic heterocycles. The minimum atomic E-state index is -0.950. The molecule has 0 aliphatic heterocycles. The Balaban J connectivity index is 2.19. The summed E-state index contributed by atoms with van der Waals surface area (Å²) in [6.45, 7) is 2.00. The largest absolute Gasteiger partial charge is 0.478 e. The van der Waals surface area contributed by atoms with Gasteiger partial charge in [0.25, 0.3) is 0 Å². The van der Waals surface area contributed by atoms with Crippen LogP contribution >= 0.6 is 22.9 Å². The number of aromatic carboxylic acids is 1. The Hall–Kier alpha value is -1.85. The van der Waals surface area contributed by atoms with Crippen molar-refractivity contribution in [1.29, 1.82) is 0 Å². The summed E-state index contributed by atoms with van der Waals surface area (Å²) in [5.41, 5.74) is 1.57. The minimum absolute atomic E-state index is 0.0157. The van der Waals surface area contributed by atoms with Crippen LogP contribution in [0.5, 0.6) is 0 Å². The number of imidazole rings is 1. The topological polar surface area (TPSA) is 55.1 Å². The van der Waals surface area contributed by atoms with Gasteiger partial charge in [-0.2, -0.15) is 0 Å². The number of halogens is 1. The van der Waals surface area contributed by atoms with Crippen molar-refractivity contribution in [3.63, 3.8) is 0 Å². The molecular weight excluding hydrogens is 296 g/mol. The van der Waals surface area contributed by atoms with Crippen LogP contribution in [-0.2, 0) is 0 Å². The number of carboxylic acids is 1. The fraction of sp³-hybridized carbons (Fsp3) is 0.143. The summed E-state index contributed by atoms with van der Waals surface area (Å²) in [6, 6.07) is 8.89. The smallest absolute Gasteiger partial charge is 0.337 e. The van der Waals surface area contributed by atoms with E-state index in [4.69, 9.17) is 11.6 Å². The highest BCUT2D eigenvalue weighted by Gasteiger charge is 2.18. The van der Waals surface area contributed by atoms with Gasteiger partial charge in [-0.1, -0.05) is 17.7 Å². The van der Waals surface area contributed by atoms with E-state index in [1.165, 1.54) is 11.3 Å². The molecule has 2 heterocycles. The van der Waals surface area contributed by atoms with Crippen molar-refractivity contribution < 1.29 is 9.90 Å². The quantitative estimate of drug-likeness (QED) is 0.794.